The fraction of sp³-hybridized carbons (Fsp3) is 0.833. The maximum atomic E-state index is 11.8. The van der Waals surface area contributed by atoms with Crippen LogP contribution in [0.2, 0.25) is 0 Å². The molecule has 0 radical (unpaired) electrons. The fourth-order valence-corrected chi connectivity index (χ4v) is 1.98. The Balaban J connectivity index is 2.49. The molecule has 0 bridgehead atoms. The van der Waals surface area contributed by atoms with E-state index in [1.165, 1.54) is 0 Å². The van der Waals surface area contributed by atoms with E-state index >= 15 is 0 Å². The summed E-state index contributed by atoms with van der Waals surface area (Å²) in [4.78, 5) is 22.8. The van der Waals surface area contributed by atoms with Gasteiger partial charge < -0.3 is 15.2 Å². The third kappa shape index (κ3) is 4.34. The van der Waals surface area contributed by atoms with Gasteiger partial charge in [0.25, 0.3) is 0 Å². The zero-order chi connectivity index (χ0) is 13.0. The standard InChI is InChI=1S/C12H21NO4/c1-7(2)4-10(12(15)16)13-11(14)9-5-8(3)17-6-9/h7-10H,4-6H2,1-3H3,(H,13,14)(H,15,16)/t8?,9?,10-/m0/s1. The maximum Gasteiger partial charge on any atom is 0.326 e. The second-order valence-electron chi connectivity index (χ2n) is 5.11. The Bertz CT molecular complexity index is 290. The van der Waals surface area contributed by atoms with Gasteiger partial charge in [-0.15, -0.1) is 0 Å². The molecule has 98 valence electrons. The summed E-state index contributed by atoms with van der Waals surface area (Å²) in [6.07, 6.45) is 1.20. The van der Waals surface area contributed by atoms with Crippen LogP contribution >= 0.6 is 0 Å². The number of hydrogen-bond acceptors (Lipinski definition) is 3. The largest absolute Gasteiger partial charge is 0.480 e. The lowest BCUT2D eigenvalue weighted by atomic mass is 10.0. The first-order valence-electron chi connectivity index (χ1n) is 6.05. The first kappa shape index (κ1) is 14.0. The van der Waals surface area contributed by atoms with Gasteiger partial charge in [-0.25, -0.2) is 4.79 Å². The van der Waals surface area contributed by atoms with E-state index in [9.17, 15) is 9.59 Å². The van der Waals surface area contributed by atoms with E-state index in [-0.39, 0.29) is 23.8 Å². The Labute approximate surface area is 102 Å². The SMILES string of the molecule is CC(C)C[C@H](NC(=O)C1COC(C)C1)C(=O)O. The third-order valence-electron chi connectivity index (χ3n) is 2.89. The highest BCUT2D eigenvalue weighted by atomic mass is 16.5. The molecule has 1 rings (SSSR count). The number of hydrogen-bond donors (Lipinski definition) is 2. The number of carboxylic acid groups (broad SMARTS) is 1. The predicted molar refractivity (Wildman–Crippen MR) is 62.5 cm³/mol. The summed E-state index contributed by atoms with van der Waals surface area (Å²) in [7, 11) is 0. The minimum absolute atomic E-state index is 0.0825. The molecule has 2 N–H and O–H groups in total. The maximum absolute atomic E-state index is 11.8. The number of amides is 1. The molecule has 1 amide bonds. The van der Waals surface area contributed by atoms with E-state index in [2.05, 4.69) is 5.32 Å². The van der Waals surface area contributed by atoms with Crippen molar-refractivity contribution in [3.05, 3.63) is 0 Å². The lowest BCUT2D eigenvalue weighted by Crippen LogP contribution is -2.44. The van der Waals surface area contributed by atoms with Crippen molar-refractivity contribution in [1.82, 2.24) is 5.32 Å². The molecule has 0 aromatic carbocycles. The van der Waals surface area contributed by atoms with Crippen LogP contribution in [0, 0.1) is 11.8 Å². The molecule has 0 aliphatic carbocycles. The minimum atomic E-state index is -0.973. The Morgan fingerprint density at radius 1 is 1.47 bits per heavy atom. The quantitative estimate of drug-likeness (QED) is 0.756. The van der Waals surface area contributed by atoms with Crippen LogP contribution in [0.1, 0.15) is 33.6 Å². The monoisotopic (exact) mass is 243 g/mol. The van der Waals surface area contributed by atoms with Gasteiger partial charge >= 0.3 is 5.97 Å². The molecule has 1 aliphatic heterocycles. The van der Waals surface area contributed by atoms with E-state index in [4.69, 9.17) is 9.84 Å². The molecular weight excluding hydrogens is 222 g/mol. The van der Waals surface area contributed by atoms with Crippen LogP contribution in [-0.2, 0) is 14.3 Å². The zero-order valence-corrected chi connectivity index (χ0v) is 10.6. The van der Waals surface area contributed by atoms with Gasteiger partial charge in [0, 0.05) is 0 Å². The normalized spacial score (nSPS) is 25.9. The van der Waals surface area contributed by atoms with Crippen LogP contribution in [0.25, 0.3) is 0 Å². The Hall–Kier alpha value is -1.10. The number of carboxylic acids is 1. The summed E-state index contributed by atoms with van der Waals surface area (Å²) in [6.45, 7) is 6.17. The van der Waals surface area contributed by atoms with Crippen LogP contribution in [-0.4, -0.2) is 35.7 Å². The number of carbonyl (C=O) groups excluding carboxylic acids is 1. The molecule has 0 aromatic rings. The van der Waals surface area contributed by atoms with E-state index in [1.807, 2.05) is 20.8 Å². The van der Waals surface area contributed by atoms with Crippen molar-refractivity contribution in [3.63, 3.8) is 0 Å². The van der Waals surface area contributed by atoms with Gasteiger partial charge in [-0.2, -0.15) is 0 Å². The number of aliphatic carboxylic acids is 1. The summed E-state index contributed by atoms with van der Waals surface area (Å²) in [5.74, 6) is -1.16. The first-order chi connectivity index (χ1) is 7.90. The molecule has 2 unspecified atom stereocenters. The summed E-state index contributed by atoms with van der Waals surface area (Å²) in [5.41, 5.74) is 0. The molecule has 1 aliphatic rings. The average Bonchev–Trinajstić information content (AvgIpc) is 2.63. The molecule has 1 fully saturated rings. The minimum Gasteiger partial charge on any atom is -0.480 e. The highest BCUT2D eigenvalue weighted by molar-refractivity contribution is 5.85. The molecule has 1 saturated heterocycles. The van der Waals surface area contributed by atoms with Gasteiger partial charge in [-0.1, -0.05) is 13.8 Å². The third-order valence-corrected chi connectivity index (χ3v) is 2.89. The highest BCUT2D eigenvalue weighted by Crippen LogP contribution is 2.19. The van der Waals surface area contributed by atoms with Crippen LogP contribution in [0.3, 0.4) is 0 Å². The molecule has 0 spiro atoms. The van der Waals surface area contributed by atoms with Gasteiger partial charge in [0.05, 0.1) is 18.6 Å². The Morgan fingerprint density at radius 2 is 2.12 bits per heavy atom. The number of carbonyl (C=O) groups is 2. The van der Waals surface area contributed by atoms with Crippen LogP contribution in [0.5, 0.6) is 0 Å². The molecule has 3 atom stereocenters. The van der Waals surface area contributed by atoms with Crippen LogP contribution in [0.4, 0.5) is 0 Å². The van der Waals surface area contributed by atoms with Gasteiger partial charge in [-0.3, -0.25) is 4.79 Å². The van der Waals surface area contributed by atoms with E-state index in [1.54, 1.807) is 0 Å². The first-order valence-corrected chi connectivity index (χ1v) is 6.05. The predicted octanol–water partition coefficient (Wildman–Crippen LogP) is 1.03. The molecule has 5 nitrogen and oxygen atoms in total. The van der Waals surface area contributed by atoms with Gasteiger partial charge in [0.1, 0.15) is 6.04 Å². The second kappa shape index (κ2) is 6.00. The van der Waals surface area contributed by atoms with Crippen molar-refractivity contribution in [2.45, 2.75) is 45.8 Å². The zero-order valence-electron chi connectivity index (χ0n) is 10.6. The Kier molecular flexibility index (Phi) is 4.93. The molecule has 1 heterocycles. The van der Waals surface area contributed by atoms with Gasteiger partial charge in [0.15, 0.2) is 0 Å². The number of ether oxygens (including phenoxy) is 1. The van der Waals surface area contributed by atoms with Crippen molar-refractivity contribution in [1.29, 1.82) is 0 Å². The van der Waals surface area contributed by atoms with Crippen molar-refractivity contribution in [2.75, 3.05) is 6.61 Å². The topological polar surface area (TPSA) is 75.6 Å². The van der Waals surface area contributed by atoms with Crippen molar-refractivity contribution >= 4 is 11.9 Å². The fourth-order valence-electron chi connectivity index (χ4n) is 1.98. The summed E-state index contributed by atoms with van der Waals surface area (Å²) in [6, 6.07) is -0.793. The smallest absolute Gasteiger partial charge is 0.326 e. The molecular formula is C12H21NO4. The van der Waals surface area contributed by atoms with E-state index in [0.717, 1.165) is 0 Å². The van der Waals surface area contributed by atoms with E-state index in [0.29, 0.717) is 19.4 Å². The van der Waals surface area contributed by atoms with Crippen molar-refractivity contribution in [2.24, 2.45) is 11.8 Å². The molecule has 0 saturated carbocycles. The molecule has 0 aromatic heterocycles. The van der Waals surface area contributed by atoms with Crippen molar-refractivity contribution < 1.29 is 19.4 Å². The summed E-state index contributed by atoms with van der Waals surface area (Å²) >= 11 is 0. The average molecular weight is 243 g/mol. The summed E-state index contributed by atoms with van der Waals surface area (Å²) < 4.78 is 5.30. The molecule has 5 heteroatoms. The molecule has 17 heavy (non-hydrogen) atoms. The van der Waals surface area contributed by atoms with Crippen molar-refractivity contribution in [3.8, 4) is 0 Å². The lowest BCUT2D eigenvalue weighted by Gasteiger charge is -2.18. The number of rotatable bonds is 5. The van der Waals surface area contributed by atoms with Crippen LogP contribution < -0.4 is 5.32 Å². The number of nitrogens with one attached hydrogen (secondary N) is 1. The lowest BCUT2D eigenvalue weighted by molar-refractivity contribution is -0.143. The summed E-state index contributed by atoms with van der Waals surface area (Å²) in [5, 5.41) is 11.6. The van der Waals surface area contributed by atoms with Crippen LogP contribution in [0.15, 0.2) is 0 Å². The van der Waals surface area contributed by atoms with Gasteiger partial charge in [-0.05, 0) is 25.7 Å². The Morgan fingerprint density at radius 3 is 2.53 bits per heavy atom. The highest BCUT2D eigenvalue weighted by Gasteiger charge is 2.31. The van der Waals surface area contributed by atoms with Gasteiger partial charge in [0.2, 0.25) is 5.91 Å². The van der Waals surface area contributed by atoms with E-state index < -0.39 is 12.0 Å². The second-order valence-corrected chi connectivity index (χ2v) is 5.11.